The molecule has 3 heteroatoms. The van der Waals surface area contributed by atoms with E-state index in [1.807, 2.05) is 18.2 Å². The normalized spacial score (nSPS) is 20.1. The van der Waals surface area contributed by atoms with Gasteiger partial charge in [-0.3, -0.25) is 0 Å². The highest BCUT2D eigenvalue weighted by Crippen LogP contribution is 2.16. The van der Waals surface area contributed by atoms with Crippen LogP contribution in [0.2, 0.25) is 0 Å². The fraction of sp³-hybridized carbons (Fsp3) is 0.600. The van der Waals surface area contributed by atoms with Gasteiger partial charge in [0.05, 0.1) is 0 Å². The zero-order chi connectivity index (χ0) is 12.6. The Kier molecular flexibility index (Phi) is 5.75. The summed E-state index contributed by atoms with van der Waals surface area (Å²) in [6, 6.07) is 10.2. The minimum atomic E-state index is -0.156. The average molecular weight is 246 g/mol. The first-order chi connectivity index (χ1) is 8.90. The molecule has 1 aromatic carbocycles. The molecule has 0 radical (unpaired) electrons. The summed E-state index contributed by atoms with van der Waals surface area (Å²) < 4.78 is 11.7. The Morgan fingerprint density at radius 1 is 1.17 bits per heavy atom. The van der Waals surface area contributed by atoms with Crippen molar-refractivity contribution in [2.75, 3.05) is 6.61 Å². The van der Waals surface area contributed by atoms with Gasteiger partial charge in [-0.05, 0) is 18.3 Å². The average Bonchev–Trinajstić information content (AvgIpc) is 2.45. The van der Waals surface area contributed by atoms with E-state index >= 15 is 0 Å². The van der Waals surface area contributed by atoms with Crippen molar-refractivity contribution >= 4 is 12.6 Å². The zero-order valence-electron chi connectivity index (χ0n) is 11.3. The molecule has 98 valence electrons. The third kappa shape index (κ3) is 4.15. The molecule has 0 saturated carbocycles. The lowest BCUT2D eigenvalue weighted by molar-refractivity contribution is 0.0676. The Labute approximate surface area is 111 Å². The van der Waals surface area contributed by atoms with Gasteiger partial charge in [0.15, 0.2) is 0 Å². The Balaban J connectivity index is 1.78. The molecule has 1 saturated heterocycles. The van der Waals surface area contributed by atoms with Crippen molar-refractivity contribution in [1.29, 1.82) is 0 Å². The maximum absolute atomic E-state index is 6.03. The second-order valence-corrected chi connectivity index (χ2v) is 5.01. The summed E-state index contributed by atoms with van der Waals surface area (Å²) in [4.78, 5) is 0. The van der Waals surface area contributed by atoms with Crippen LogP contribution in [0.5, 0.6) is 0 Å². The molecule has 1 atom stereocenters. The van der Waals surface area contributed by atoms with Gasteiger partial charge in [-0.1, -0.05) is 62.9 Å². The van der Waals surface area contributed by atoms with Crippen molar-refractivity contribution in [2.45, 2.75) is 51.6 Å². The van der Waals surface area contributed by atoms with Crippen LogP contribution < -0.4 is 5.46 Å². The van der Waals surface area contributed by atoms with Gasteiger partial charge >= 0.3 is 7.12 Å². The molecule has 0 amide bonds. The fourth-order valence-electron chi connectivity index (χ4n) is 2.38. The first kappa shape index (κ1) is 13.6. The van der Waals surface area contributed by atoms with Crippen LogP contribution in [0.1, 0.15) is 45.4 Å². The summed E-state index contributed by atoms with van der Waals surface area (Å²) in [5.74, 6) is 0. The van der Waals surface area contributed by atoms with Gasteiger partial charge in [0, 0.05) is 12.7 Å². The molecule has 1 aliphatic heterocycles. The van der Waals surface area contributed by atoms with Crippen LogP contribution in [0.15, 0.2) is 30.3 Å². The standard InChI is InChI=1S/C15H23BO2/c1-2-3-4-8-11-15-12-13-17-16(18-15)14-9-6-5-7-10-14/h5-7,9-10,15H,2-4,8,11-13H2,1H3. The molecule has 2 rings (SSSR count). The Bertz CT molecular complexity index is 329. The predicted molar refractivity (Wildman–Crippen MR) is 76.0 cm³/mol. The van der Waals surface area contributed by atoms with Crippen LogP contribution >= 0.6 is 0 Å². The number of hydrogen-bond donors (Lipinski definition) is 0. The number of hydrogen-bond acceptors (Lipinski definition) is 2. The Hall–Kier alpha value is -0.795. The van der Waals surface area contributed by atoms with Crippen molar-refractivity contribution in [2.24, 2.45) is 0 Å². The van der Waals surface area contributed by atoms with E-state index in [-0.39, 0.29) is 7.12 Å². The molecule has 0 N–H and O–H groups in total. The second-order valence-electron chi connectivity index (χ2n) is 5.01. The second kappa shape index (κ2) is 7.60. The van der Waals surface area contributed by atoms with E-state index in [0.717, 1.165) is 18.5 Å². The van der Waals surface area contributed by atoms with Gasteiger partial charge < -0.3 is 9.31 Å². The van der Waals surface area contributed by atoms with Crippen LogP contribution in [0, 0.1) is 0 Å². The molecule has 0 aliphatic carbocycles. The van der Waals surface area contributed by atoms with Gasteiger partial charge in [-0.2, -0.15) is 0 Å². The summed E-state index contributed by atoms with van der Waals surface area (Å²) in [6.07, 6.45) is 7.82. The molecule has 1 unspecified atom stereocenters. The lowest BCUT2D eigenvalue weighted by Crippen LogP contribution is -2.44. The third-order valence-corrected chi connectivity index (χ3v) is 3.48. The molecule has 0 bridgehead atoms. The van der Waals surface area contributed by atoms with Gasteiger partial charge in [0.2, 0.25) is 0 Å². The first-order valence-corrected chi connectivity index (χ1v) is 7.22. The molecule has 1 aliphatic rings. The molecule has 1 heterocycles. The number of unbranched alkanes of at least 4 members (excludes halogenated alkanes) is 3. The van der Waals surface area contributed by atoms with E-state index in [9.17, 15) is 0 Å². The summed E-state index contributed by atoms with van der Waals surface area (Å²) in [5, 5.41) is 0. The van der Waals surface area contributed by atoms with E-state index in [1.54, 1.807) is 0 Å². The molecule has 1 aromatic rings. The highest BCUT2D eigenvalue weighted by Gasteiger charge is 2.29. The summed E-state index contributed by atoms with van der Waals surface area (Å²) in [5.41, 5.74) is 1.13. The van der Waals surface area contributed by atoms with Crippen molar-refractivity contribution < 1.29 is 9.31 Å². The number of rotatable bonds is 6. The topological polar surface area (TPSA) is 18.5 Å². The van der Waals surface area contributed by atoms with E-state index in [2.05, 4.69) is 19.1 Å². The lowest BCUT2D eigenvalue weighted by atomic mass is 9.77. The Morgan fingerprint density at radius 2 is 2.00 bits per heavy atom. The van der Waals surface area contributed by atoms with E-state index in [1.165, 1.54) is 32.1 Å². The third-order valence-electron chi connectivity index (χ3n) is 3.48. The highest BCUT2D eigenvalue weighted by atomic mass is 16.6. The van der Waals surface area contributed by atoms with Gasteiger partial charge in [-0.25, -0.2) is 0 Å². The van der Waals surface area contributed by atoms with Crippen molar-refractivity contribution in [3.8, 4) is 0 Å². The minimum Gasteiger partial charge on any atom is -0.407 e. The molecule has 0 spiro atoms. The summed E-state index contributed by atoms with van der Waals surface area (Å²) >= 11 is 0. The van der Waals surface area contributed by atoms with E-state index < -0.39 is 0 Å². The maximum atomic E-state index is 6.03. The minimum absolute atomic E-state index is 0.156. The quantitative estimate of drug-likeness (QED) is 0.567. The molecule has 2 nitrogen and oxygen atoms in total. The predicted octanol–water partition coefficient (Wildman–Crippen LogP) is 3.16. The molecule has 0 aromatic heterocycles. The monoisotopic (exact) mass is 246 g/mol. The molecule has 1 fully saturated rings. The molecular weight excluding hydrogens is 223 g/mol. The summed E-state index contributed by atoms with van der Waals surface area (Å²) in [6.45, 7) is 3.06. The first-order valence-electron chi connectivity index (χ1n) is 7.22. The number of benzene rings is 1. The van der Waals surface area contributed by atoms with E-state index in [4.69, 9.17) is 9.31 Å². The van der Waals surface area contributed by atoms with Crippen LogP contribution in [0.3, 0.4) is 0 Å². The zero-order valence-corrected chi connectivity index (χ0v) is 11.3. The van der Waals surface area contributed by atoms with Crippen LogP contribution in [-0.4, -0.2) is 19.8 Å². The molecular formula is C15H23BO2. The van der Waals surface area contributed by atoms with Crippen LogP contribution in [0.4, 0.5) is 0 Å². The van der Waals surface area contributed by atoms with Crippen LogP contribution in [0.25, 0.3) is 0 Å². The lowest BCUT2D eigenvalue weighted by Gasteiger charge is -2.28. The fourth-order valence-corrected chi connectivity index (χ4v) is 2.38. The van der Waals surface area contributed by atoms with Crippen molar-refractivity contribution in [3.05, 3.63) is 30.3 Å². The SMILES string of the molecule is CCCCCCC1CCOB(c2ccccc2)O1. The van der Waals surface area contributed by atoms with Crippen LogP contribution in [-0.2, 0) is 9.31 Å². The van der Waals surface area contributed by atoms with Crippen molar-refractivity contribution in [3.63, 3.8) is 0 Å². The van der Waals surface area contributed by atoms with E-state index in [0.29, 0.717) is 6.10 Å². The highest BCUT2D eigenvalue weighted by molar-refractivity contribution is 6.61. The maximum Gasteiger partial charge on any atom is 0.494 e. The van der Waals surface area contributed by atoms with Gasteiger partial charge in [0.25, 0.3) is 0 Å². The summed E-state index contributed by atoms with van der Waals surface area (Å²) in [7, 11) is -0.156. The van der Waals surface area contributed by atoms with Gasteiger partial charge in [0.1, 0.15) is 0 Å². The van der Waals surface area contributed by atoms with Gasteiger partial charge in [-0.15, -0.1) is 0 Å². The Morgan fingerprint density at radius 3 is 2.78 bits per heavy atom. The molecule has 18 heavy (non-hydrogen) atoms. The smallest absolute Gasteiger partial charge is 0.407 e. The van der Waals surface area contributed by atoms with Crippen molar-refractivity contribution in [1.82, 2.24) is 0 Å². The largest absolute Gasteiger partial charge is 0.494 e.